The van der Waals surface area contributed by atoms with Crippen molar-refractivity contribution in [1.82, 2.24) is 20.3 Å². The SMILES string of the molecule is O=C(NC1CCC(Oc2ncc(Cl)cn2)CC1)c1ccc2ccccc2n1. The molecule has 1 aliphatic carbocycles. The Kier molecular flexibility index (Phi) is 5.16. The molecule has 0 saturated heterocycles. The van der Waals surface area contributed by atoms with Crippen molar-refractivity contribution in [3.63, 3.8) is 0 Å². The van der Waals surface area contributed by atoms with E-state index in [1.165, 1.54) is 12.4 Å². The van der Waals surface area contributed by atoms with E-state index in [0.29, 0.717) is 16.7 Å². The van der Waals surface area contributed by atoms with Gasteiger partial charge in [-0.15, -0.1) is 0 Å². The number of nitrogens with zero attached hydrogens (tertiary/aromatic N) is 3. The second-order valence-electron chi connectivity index (χ2n) is 6.64. The summed E-state index contributed by atoms with van der Waals surface area (Å²) in [7, 11) is 0. The van der Waals surface area contributed by atoms with Gasteiger partial charge >= 0.3 is 6.01 Å². The third-order valence-corrected chi connectivity index (χ3v) is 4.90. The van der Waals surface area contributed by atoms with Gasteiger partial charge in [0, 0.05) is 11.4 Å². The van der Waals surface area contributed by atoms with Crippen molar-refractivity contribution >= 4 is 28.4 Å². The van der Waals surface area contributed by atoms with Crippen molar-refractivity contribution in [2.24, 2.45) is 0 Å². The number of para-hydroxylation sites is 1. The summed E-state index contributed by atoms with van der Waals surface area (Å²) in [5.41, 5.74) is 1.27. The molecule has 1 N–H and O–H groups in total. The van der Waals surface area contributed by atoms with Crippen molar-refractivity contribution in [2.45, 2.75) is 37.8 Å². The van der Waals surface area contributed by atoms with Gasteiger partial charge in [0.15, 0.2) is 0 Å². The molecule has 1 saturated carbocycles. The summed E-state index contributed by atoms with van der Waals surface area (Å²) in [6, 6.07) is 11.9. The Morgan fingerprint density at radius 1 is 1.04 bits per heavy atom. The average Bonchev–Trinajstić information content (AvgIpc) is 2.71. The van der Waals surface area contributed by atoms with Crippen molar-refractivity contribution in [1.29, 1.82) is 0 Å². The Labute approximate surface area is 162 Å². The Hall–Kier alpha value is -2.73. The van der Waals surface area contributed by atoms with Gasteiger partial charge in [0.05, 0.1) is 22.9 Å². The van der Waals surface area contributed by atoms with Crippen LogP contribution in [0.2, 0.25) is 5.02 Å². The van der Waals surface area contributed by atoms with Crippen LogP contribution in [0, 0.1) is 0 Å². The molecule has 2 aromatic heterocycles. The largest absolute Gasteiger partial charge is 0.460 e. The summed E-state index contributed by atoms with van der Waals surface area (Å²) in [6.07, 6.45) is 6.45. The number of halogens is 1. The average molecular weight is 383 g/mol. The zero-order valence-electron chi connectivity index (χ0n) is 14.6. The maximum Gasteiger partial charge on any atom is 0.316 e. The van der Waals surface area contributed by atoms with Crippen LogP contribution in [0.3, 0.4) is 0 Å². The molecule has 0 bridgehead atoms. The van der Waals surface area contributed by atoms with Crippen molar-refractivity contribution in [3.05, 3.63) is 59.5 Å². The van der Waals surface area contributed by atoms with E-state index in [9.17, 15) is 4.79 Å². The van der Waals surface area contributed by atoms with Crippen molar-refractivity contribution in [2.75, 3.05) is 0 Å². The molecular formula is C20H19ClN4O2. The van der Waals surface area contributed by atoms with Gasteiger partial charge in [-0.1, -0.05) is 35.9 Å². The number of carbonyl (C=O) groups excluding carboxylic acids is 1. The number of carbonyl (C=O) groups is 1. The quantitative estimate of drug-likeness (QED) is 0.742. The first-order chi connectivity index (χ1) is 13.2. The van der Waals surface area contributed by atoms with Gasteiger partial charge in [0.2, 0.25) is 0 Å². The Bertz CT molecular complexity index is 940. The molecule has 3 aromatic rings. The highest BCUT2D eigenvalue weighted by molar-refractivity contribution is 6.30. The molecule has 138 valence electrons. The number of nitrogens with one attached hydrogen (secondary N) is 1. The summed E-state index contributed by atoms with van der Waals surface area (Å²) in [4.78, 5) is 25.1. The maximum atomic E-state index is 12.5. The molecule has 1 aliphatic rings. The van der Waals surface area contributed by atoms with Crippen LogP contribution in [0.15, 0.2) is 48.8 Å². The molecule has 4 rings (SSSR count). The first-order valence-electron chi connectivity index (χ1n) is 8.98. The van der Waals surface area contributed by atoms with Gasteiger partial charge in [-0.25, -0.2) is 15.0 Å². The topological polar surface area (TPSA) is 77.0 Å². The highest BCUT2D eigenvalue weighted by atomic mass is 35.5. The van der Waals surface area contributed by atoms with Gasteiger partial charge in [-0.2, -0.15) is 0 Å². The molecule has 0 spiro atoms. The summed E-state index contributed by atoms with van der Waals surface area (Å²) in [6.45, 7) is 0. The van der Waals surface area contributed by atoms with E-state index in [-0.39, 0.29) is 18.1 Å². The molecule has 2 heterocycles. The second-order valence-corrected chi connectivity index (χ2v) is 7.07. The van der Waals surface area contributed by atoms with Gasteiger partial charge in [0.1, 0.15) is 11.8 Å². The van der Waals surface area contributed by atoms with Crippen LogP contribution < -0.4 is 10.1 Å². The first-order valence-corrected chi connectivity index (χ1v) is 9.36. The number of ether oxygens (including phenoxy) is 1. The number of rotatable bonds is 4. The number of benzene rings is 1. The fourth-order valence-electron chi connectivity index (χ4n) is 3.29. The maximum absolute atomic E-state index is 12.5. The van der Waals surface area contributed by atoms with E-state index in [2.05, 4.69) is 20.3 Å². The van der Waals surface area contributed by atoms with Gasteiger partial charge < -0.3 is 10.1 Å². The molecule has 7 heteroatoms. The summed E-state index contributed by atoms with van der Waals surface area (Å²) in [5.74, 6) is -0.133. The van der Waals surface area contributed by atoms with Crippen LogP contribution in [0.1, 0.15) is 36.2 Å². The Balaban J connectivity index is 1.31. The van der Waals surface area contributed by atoms with Crippen molar-refractivity contribution in [3.8, 4) is 6.01 Å². The van der Waals surface area contributed by atoms with Gasteiger partial charge in [-0.3, -0.25) is 4.79 Å². The highest BCUT2D eigenvalue weighted by Gasteiger charge is 2.25. The lowest BCUT2D eigenvalue weighted by atomic mass is 9.93. The van der Waals surface area contributed by atoms with Crippen LogP contribution >= 0.6 is 11.6 Å². The van der Waals surface area contributed by atoms with E-state index < -0.39 is 0 Å². The number of aromatic nitrogens is 3. The normalized spacial score (nSPS) is 19.6. The summed E-state index contributed by atoms with van der Waals surface area (Å²) in [5, 5.41) is 4.59. The predicted molar refractivity (Wildman–Crippen MR) is 103 cm³/mol. The van der Waals surface area contributed by atoms with Crippen LogP contribution in [0.5, 0.6) is 6.01 Å². The molecule has 6 nitrogen and oxygen atoms in total. The zero-order chi connectivity index (χ0) is 18.6. The smallest absolute Gasteiger partial charge is 0.316 e. The number of hydrogen-bond acceptors (Lipinski definition) is 5. The molecular weight excluding hydrogens is 364 g/mol. The van der Waals surface area contributed by atoms with Crippen molar-refractivity contribution < 1.29 is 9.53 Å². The zero-order valence-corrected chi connectivity index (χ0v) is 15.4. The third kappa shape index (κ3) is 4.34. The minimum atomic E-state index is -0.133. The van der Waals surface area contributed by atoms with Crippen LogP contribution in [0.4, 0.5) is 0 Å². The summed E-state index contributed by atoms with van der Waals surface area (Å²) >= 11 is 5.78. The van der Waals surface area contributed by atoms with E-state index in [1.807, 2.05) is 30.3 Å². The Morgan fingerprint density at radius 2 is 1.78 bits per heavy atom. The number of hydrogen-bond donors (Lipinski definition) is 1. The lowest BCUT2D eigenvalue weighted by molar-refractivity contribution is 0.0881. The molecule has 0 aliphatic heterocycles. The monoisotopic (exact) mass is 382 g/mol. The molecule has 0 radical (unpaired) electrons. The number of amides is 1. The van der Waals surface area contributed by atoms with E-state index in [4.69, 9.17) is 16.3 Å². The lowest BCUT2D eigenvalue weighted by Crippen LogP contribution is -2.40. The molecule has 0 atom stereocenters. The molecule has 1 fully saturated rings. The second kappa shape index (κ2) is 7.88. The lowest BCUT2D eigenvalue weighted by Gasteiger charge is -2.28. The van der Waals surface area contributed by atoms with Crippen LogP contribution in [0.25, 0.3) is 10.9 Å². The number of fused-ring (bicyclic) bond motifs is 1. The van der Waals surface area contributed by atoms with Gasteiger partial charge in [0.25, 0.3) is 5.91 Å². The molecule has 1 amide bonds. The highest BCUT2D eigenvalue weighted by Crippen LogP contribution is 2.23. The molecule has 27 heavy (non-hydrogen) atoms. The minimum Gasteiger partial charge on any atom is -0.460 e. The molecule has 1 aromatic carbocycles. The standard InChI is InChI=1S/C20H19ClN4O2/c21-14-11-22-20(23-12-14)27-16-8-6-15(7-9-16)24-19(26)18-10-5-13-3-1-2-4-17(13)25-18/h1-5,10-12,15-16H,6-9H2,(H,24,26). The molecule has 0 unspecified atom stereocenters. The van der Waals surface area contributed by atoms with Gasteiger partial charge in [-0.05, 0) is 37.8 Å². The van der Waals surface area contributed by atoms with Crippen LogP contribution in [-0.2, 0) is 0 Å². The summed E-state index contributed by atoms with van der Waals surface area (Å²) < 4.78 is 5.79. The van der Waals surface area contributed by atoms with E-state index in [1.54, 1.807) is 6.07 Å². The predicted octanol–water partition coefficient (Wildman–Crippen LogP) is 3.80. The fourth-order valence-corrected chi connectivity index (χ4v) is 3.38. The van der Waals surface area contributed by atoms with Crippen LogP contribution in [-0.4, -0.2) is 33.0 Å². The third-order valence-electron chi connectivity index (χ3n) is 4.71. The van der Waals surface area contributed by atoms with E-state index >= 15 is 0 Å². The number of pyridine rings is 1. The Morgan fingerprint density at radius 3 is 2.56 bits per heavy atom. The fraction of sp³-hybridized carbons (Fsp3) is 0.300. The van der Waals surface area contributed by atoms with E-state index in [0.717, 1.165) is 36.6 Å². The minimum absolute atomic E-state index is 0.0538. The first kappa shape index (κ1) is 17.7.